The molecule has 0 aromatic rings. The largest absolute Gasteiger partial charge is 0.372 e. The SMILES string of the molecule is CN1B(N2[Si](C)(C)N[Si](C)(C)N[Si]2(C)C)N(C)B(N2[Si](C)(C)N[Si](C)(C)N[Si]2(C)C)N(C)B1N1[Si](C)(C)N[Si](C)(C)N[Si]1(C)C. The van der Waals surface area contributed by atoms with Crippen LogP contribution in [-0.4, -0.2) is 145 Å². The third-order valence-corrected chi connectivity index (χ3v) is 58.6. The molecule has 0 atom stereocenters. The molecule has 4 heterocycles. The van der Waals surface area contributed by atoms with E-state index in [4.69, 9.17) is 0 Å². The molecular weight excluding hydrogens is 706 g/mol. The highest BCUT2D eigenvalue weighted by molar-refractivity contribution is 7.15. The average molecular weight is 775 g/mol. The monoisotopic (exact) mass is 774 g/mol. The minimum absolute atomic E-state index is 0.160. The molecule has 0 aromatic carbocycles. The van der Waals surface area contributed by atoms with Crippen molar-refractivity contribution in [2.45, 2.75) is 118 Å². The van der Waals surface area contributed by atoms with E-state index < -0.39 is 75.6 Å². The summed E-state index contributed by atoms with van der Waals surface area (Å²) >= 11 is 0. The van der Waals surface area contributed by atoms with E-state index in [-0.39, 0.29) is 21.4 Å². The van der Waals surface area contributed by atoms with E-state index in [1.807, 2.05) is 0 Å². The molecule has 0 unspecified atom stereocenters. The predicted molar refractivity (Wildman–Crippen MR) is 222 cm³/mol. The topological polar surface area (TPSA) is 91.6 Å². The van der Waals surface area contributed by atoms with Crippen LogP contribution in [0, 0.1) is 0 Å². The molecule has 6 N–H and O–H groups in total. The molecule has 4 fully saturated rings. The summed E-state index contributed by atoms with van der Waals surface area (Å²) in [4.78, 5) is 0. The lowest BCUT2D eigenvalue weighted by Crippen LogP contribution is -3.01. The maximum absolute atomic E-state index is 4.29. The molecule has 4 saturated heterocycles. The molecule has 4 aliphatic heterocycles. The summed E-state index contributed by atoms with van der Waals surface area (Å²) in [5.74, 6) is 0. The second-order valence-corrected chi connectivity index (χ2v) is 57.8. The standard InChI is InChI=1S/C21H69B3N12Si9/c1-31-22(34-40(10,11)25-37(4,5)26-41(34,12)13)32(2)24(36-44(18,19)29-39(8,9)30-45(36,20)21)33(3)23(31)35-42(14,15)27-38(6,7)28-43(35,16)17/h25-30H,1-21H3. The van der Waals surface area contributed by atoms with Crippen LogP contribution < -0.4 is 27.9 Å². The summed E-state index contributed by atoms with van der Waals surface area (Å²) in [6, 6.07) is 0. The van der Waals surface area contributed by atoms with Gasteiger partial charge in [-0.25, -0.2) is 0 Å². The number of nitrogens with zero attached hydrogens (tertiary/aromatic N) is 6. The third kappa shape index (κ3) is 7.24. The van der Waals surface area contributed by atoms with Crippen LogP contribution in [0.15, 0.2) is 0 Å². The number of hydrogen-bond donors (Lipinski definition) is 6. The molecule has 24 heteroatoms. The van der Waals surface area contributed by atoms with Crippen molar-refractivity contribution in [2.75, 3.05) is 21.1 Å². The Morgan fingerprint density at radius 2 is 0.422 bits per heavy atom. The van der Waals surface area contributed by atoms with Gasteiger partial charge in [0, 0.05) is 0 Å². The fourth-order valence-corrected chi connectivity index (χ4v) is 78.7. The number of hydrogen-bond acceptors (Lipinski definition) is 12. The Morgan fingerprint density at radius 1 is 0.289 bits per heavy atom. The Bertz CT molecular complexity index is 954. The zero-order valence-electron chi connectivity index (χ0n) is 32.9. The van der Waals surface area contributed by atoms with E-state index in [2.05, 4.69) is 193 Å². The van der Waals surface area contributed by atoms with Gasteiger partial charge < -0.3 is 54.5 Å². The van der Waals surface area contributed by atoms with Gasteiger partial charge in [0.05, 0.1) is 0 Å². The Hall–Kier alpha value is 1.67. The Morgan fingerprint density at radius 3 is 0.556 bits per heavy atom. The van der Waals surface area contributed by atoms with Crippen molar-refractivity contribution in [1.82, 2.24) is 54.5 Å². The molecule has 0 aromatic heterocycles. The van der Waals surface area contributed by atoms with Crippen LogP contribution in [0.2, 0.25) is 118 Å². The van der Waals surface area contributed by atoms with Crippen molar-refractivity contribution in [3.05, 3.63) is 0 Å². The van der Waals surface area contributed by atoms with Gasteiger partial charge in [-0.3, -0.25) is 0 Å². The van der Waals surface area contributed by atoms with Gasteiger partial charge in [-0.1, -0.05) is 0 Å². The molecule has 45 heavy (non-hydrogen) atoms. The smallest absolute Gasteiger partial charge is 0.337 e. The van der Waals surface area contributed by atoms with Crippen molar-refractivity contribution in [3.63, 3.8) is 0 Å². The van der Waals surface area contributed by atoms with Crippen LogP contribution in [0.25, 0.3) is 0 Å². The average Bonchev–Trinajstić information content (AvgIpc) is 2.68. The van der Waals surface area contributed by atoms with E-state index in [1.54, 1.807) is 0 Å². The predicted octanol–water partition coefficient (Wildman–Crippen LogP) is 1.55. The maximum atomic E-state index is 4.29. The summed E-state index contributed by atoms with van der Waals surface area (Å²) in [7, 11) is -9.60. The van der Waals surface area contributed by atoms with Crippen LogP contribution in [0.5, 0.6) is 0 Å². The van der Waals surface area contributed by atoms with Gasteiger partial charge in [0.1, 0.15) is 0 Å². The molecule has 0 spiro atoms. The normalized spacial score (nSPS) is 33.4. The van der Waals surface area contributed by atoms with Crippen LogP contribution in [-0.2, 0) is 0 Å². The lowest BCUT2D eigenvalue weighted by molar-refractivity contribution is 0.442. The van der Waals surface area contributed by atoms with Gasteiger partial charge in [-0.05, 0) is 139 Å². The molecule has 0 aliphatic carbocycles. The van der Waals surface area contributed by atoms with Crippen molar-refractivity contribution < 1.29 is 0 Å². The second-order valence-electron chi connectivity index (χ2n) is 19.1. The quantitative estimate of drug-likeness (QED) is 0.236. The molecule has 0 radical (unpaired) electrons. The first-order valence-corrected chi connectivity index (χ1v) is 43.7. The first-order chi connectivity index (χ1) is 19.7. The van der Waals surface area contributed by atoms with Crippen molar-refractivity contribution in [2.24, 2.45) is 0 Å². The van der Waals surface area contributed by atoms with Gasteiger partial charge in [0.25, 0.3) is 0 Å². The first kappa shape index (κ1) is 39.5. The van der Waals surface area contributed by atoms with Crippen molar-refractivity contribution >= 4 is 96.9 Å². The zero-order valence-corrected chi connectivity index (χ0v) is 41.9. The zero-order chi connectivity index (χ0) is 34.9. The van der Waals surface area contributed by atoms with Gasteiger partial charge in [-0.15, -0.1) is 0 Å². The van der Waals surface area contributed by atoms with Crippen LogP contribution in [0.4, 0.5) is 0 Å². The van der Waals surface area contributed by atoms with E-state index in [0.717, 1.165) is 0 Å². The van der Waals surface area contributed by atoms with Gasteiger partial charge in [0.2, 0.25) is 0 Å². The summed E-state index contributed by atoms with van der Waals surface area (Å²) in [5.41, 5.74) is 0. The molecule has 0 saturated carbocycles. The molecule has 4 aliphatic rings. The van der Waals surface area contributed by atoms with Crippen LogP contribution >= 0.6 is 0 Å². The minimum Gasteiger partial charge on any atom is -0.337 e. The van der Waals surface area contributed by atoms with Gasteiger partial charge in [-0.2, -0.15) is 0 Å². The summed E-state index contributed by atoms with van der Waals surface area (Å²) in [6.45, 7) is 45.7. The first-order valence-electron chi connectivity index (χ1n) is 17.0. The highest BCUT2D eigenvalue weighted by atomic mass is 28.5. The van der Waals surface area contributed by atoms with Crippen molar-refractivity contribution in [3.8, 4) is 0 Å². The van der Waals surface area contributed by atoms with Crippen LogP contribution in [0.3, 0.4) is 0 Å². The van der Waals surface area contributed by atoms with Gasteiger partial charge in [0.15, 0.2) is 75.6 Å². The lowest BCUT2D eigenvalue weighted by atomic mass is 9.58. The fraction of sp³-hybridized carbons (Fsp3) is 1.00. The van der Waals surface area contributed by atoms with Gasteiger partial charge >= 0.3 is 21.4 Å². The molecular formula is C21H69B3N12Si9. The Labute approximate surface area is 288 Å². The molecule has 0 bridgehead atoms. The molecule has 4 rings (SSSR count). The third-order valence-electron chi connectivity index (χ3n) is 10.2. The number of rotatable bonds is 3. The fourth-order valence-electron chi connectivity index (χ4n) is 11.2. The Kier molecular flexibility index (Phi) is 10.2. The summed E-state index contributed by atoms with van der Waals surface area (Å²) < 4.78 is 43.1. The van der Waals surface area contributed by atoms with Crippen LogP contribution in [0.1, 0.15) is 0 Å². The highest BCUT2D eigenvalue weighted by Gasteiger charge is 2.69. The van der Waals surface area contributed by atoms with E-state index >= 15 is 0 Å². The summed E-state index contributed by atoms with van der Waals surface area (Å²) in [5, 5.41) is 0. The maximum Gasteiger partial charge on any atom is 0.372 e. The highest BCUT2D eigenvalue weighted by Crippen LogP contribution is 2.37. The summed E-state index contributed by atoms with van der Waals surface area (Å²) in [6.07, 6.45) is 0. The van der Waals surface area contributed by atoms with E-state index in [0.29, 0.717) is 0 Å². The van der Waals surface area contributed by atoms with Crippen molar-refractivity contribution in [1.29, 1.82) is 0 Å². The molecule has 0 amide bonds. The number of nitrogens with one attached hydrogen (secondary N) is 6. The minimum atomic E-state index is -2.03. The van der Waals surface area contributed by atoms with E-state index in [9.17, 15) is 0 Å². The molecule has 258 valence electrons. The molecule has 12 nitrogen and oxygen atoms in total. The Balaban J connectivity index is 1.97. The second kappa shape index (κ2) is 11.6. The van der Waals surface area contributed by atoms with E-state index in [1.165, 1.54) is 0 Å². The lowest BCUT2D eigenvalue weighted by Gasteiger charge is -2.69.